The lowest BCUT2D eigenvalue weighted by molar-refractivity contribution is 0.0984. The van der Waals surface area contributed by atoms with Crippen LogP contribution in [0.2, 0.25) is 0 Å². The number of fused-ring (bicyclic) bond motifs is 4. The number of nitrogens with zero attached hydrogens (tertiary/aromatic N) is 3. The summed E-state index contributed by atoms with van der Waals surface area (Å²) in [4.78, 5) is 48.6. The largest absolute Gasteiger partial charge is 0.492 e. The van der Waals surface area contributed by atoms with Crippen LogP contribution >= 0.6 is 15.9 Å². The highest BCUT2D eigenvalue weighted by Crippen LogP contribution is 2.46. The number of carbonyl (C=O) groups is 3. The molecular formula is C39H41BrN6O6. The number of alkyl halides is 1. The summed E-state index contributed by atoms with van der Waals surface area (Å²) in [6.45, 7) is 3.91. The van der Waals surface area contributed by atoms with Crippen molar-refractivity contribution in [3.05, 3.63) is 95.7 Å². The molecule has 270 valence electrons. The van der Waals surface area contributed by atoms with Crippen molar-refractivity contribution < 1.29 is 28.6 Å². The summed E-state index contributed by atoms with van der Waals surface area (Å²) in [5.74, 6) is 0.906. The normalized spacial score (nSPS) is 15.8. The second kappa shape index (κ2) is 15.5. The van der Waals surface area contributed by atoms with Crippen molar-refractivity contribution in [3.8, 4) is 11.5 Å². The fraction of sp³-hybridized carbons (Fsp3) is 0.308. The monoisotopic (exact) mass is 768 g/mol. The first-order valence-electron chi connectivity index (χ1n) is 17.3. The second-order valence-electron chi connectivity index (χ2n) is 13.0. The minimum absolute atomic E-state index is 0.0476. The average molecular weight is 770 g/mol. The molecule has 3 amide bonds. The lowest BCUT2D eigenvalue weighted by atomic mass is 9.95. The molecular weight excluding hydrogens is 728 g/mol. The van der Waals surface area contributed by atoms with Gasteiger partial charge in [0.05, 0.1) is 12.2 Å². The minimum atomic E-state index is -0.524. The van der Waals surface area contributed by atoms with Crippen LogP contribution < -0.4 is 25.0 Å². The number of halogens is 1. The van der Waals surface area contributed by atoms with Crippen LogP contribution in [0.15, 0.2) is 78.9 Å². The SMILES string of the molecule is CNc1ccc(COC(=O)NCCOc2ccc3[nH]c(C(=O)N4C[C@@H](CBr)c5c4cc(OC(=O)N4CCN(C)CC4)c4ccccc54)cc3c2)cc1. The van der Waals surface area contributed by atoms with E-state index in [0.29, 0.717) is 42.2 Å². The van der Waals surface area contributed by atoms with Crippen molar-refractivity contribution in [1.82, 2.24) is 20.1 Å². The molecule has 1 saturated heterocycles. The molecule has 7 rings (SSSR count). The average Bonchev–Trinajstić information content (AvgIpc) is 3.77. The highest BCUT2D eigenvalue weighted by Gasteiger charge is 2.36. The number of nitrogens with one attached hydrogen (secondary N) is 3. The van der Waals surface area contributed by atoms with Crippen molar-refractivity contribution in [1.29, 1.82) is 0 Å². The fourth-order valence-electron chi connectivity index (χ4n) is 6.71. The van der Waals surface area contributed by atoms with Crippen molar-refractivity contribution >= 4 is 67.1 Å². The third-order valence-corrected chi connectivity index (χ3v) is 10.4. The number of alkyl carbamates (subject to hydrolysis) is 1. The molecule has 2 aliphatic rings. The Morgan fingerprint density at radius 1 is 0.942 bits per heavy atom. The predicted octanol–water partition coefficient (Wildman–Crippen LogP) is 6.55. The number of hydrogen-bond donors (Lipinski definition) is 3. The number of likely N-dealkylation sites (N-methyl/N-ethyl adjacent to an activating group) is 1. The van der Waals surface area contributed by atoms with Gasteiger partial charge in [-0.1, -0.05) is 52.3 Å². The van der Waals surface area contributed by atoms with E-state index in [9.17, 15) is 14.4 Å². The zero-order valence-electron chi connectivity index (χ0n) is 29.1. The summed E-state index contributed by atoms with van der Waals surface area (Å²) < 4.78 is 17.2. The van der Waals surface area contributed by atoms with E-state index in [1.54, 1.807) is 9.80 Å². The molecule has 0 radical (unpaired) electrons. The summed E-state index contributed by atoms with van der Waals surface area (Å²) in [6, 6.07) is 24.7. The van der Waals surface area contributed by atoms with Crippen LogP contribution in [0.5, 0.6) is 11.5 Å². The summed E-state index contributed by atoms with van der Waals surface area (Å²) in [6.07, 6.45) is -0.911. The van der Waals surface area contributed by atoms with Crippen LogP contribution in [0.1, 0.15) is 27.5 Å². The summed E-state index contributed by atoms with van der Waals surface area (Å²) in [7, 11) is 3.89. The third-order valence-electron chi connectivity index (χ3n) is 9.59. The topological polar surface area (TPSA) is 128 Å². The van der Waals surface area contributed by atoms with Gasteiger partial charge in [0.1, 0.15) is 30.4 Å². The van der Waals surface area contributed by atoms with Gasteiger partial charge in [-0.15, -0.1) is 0 Å². The van der Waals surface area contributed by atoms with Gasteiger partial charge in [0, 0.05) is 79.1 Å². The van der Waals surface area contributed by atoms with E-state index in [2.05, 4.69) is 36.4 Å². The van der Waals surface area contributed by atoms with Crippen molar-refractivity contribution in [2.24, 2.45) is 0 Å². The Morgan fingerprint density at radius 3 is 2.46 bits per heavy atom. The number of ether oxygens (including phenoxy) is 3. The van der Waals surface area contributed by atoms with Gasteiger partial charge in [0.2, 0.25) is 0 Å². The number of H-pyrrole nitrogens is 1. The lowest BCUT2D eigenvalue weighted by Crippen LogP contribution is -2.48. The van der Waals surface area contributed by atoms with Crippen molar-refractivity contribution in [2.75, 3.05) is 75.5 Å². The molecule has 12 nitrogen and oxygen atoms in total. The first-order chi connectivity index (χ1) is 25.3. The number of carbonyl (C=O) groups excluding carboxylic acids is 3. The molecule has 0 unspecified atom stereocenters. The van der Waals surface area contributed by atoms with Crippen LogP contribution in [-0.4, -0.2) is 98.2 Å². The number of amides is 3. The Hall–Kier alpha value is -5.27. The number of anilines is 2. The van der Waals surface area contributed by atoms with Gasteiger partial charge >= 0.3 is 12.2 Å². The van der Waals surface area contributed by atoms with Gasteiger partial charge in [-0.2, -0.15) is 0 Å². The van der Waals surface area contributed by atoms with E-state index in [1.165, 1.54) is 0 Å². The van der Waals surface area contributed by atoms with Gasteiger partial charge in [-0.25, -0.2) is 9.59 Å². The predicted molar refractivity (Wildman–Crippen MR) is 205 cm³/mol. The maximum Gasteiger partial charge on any atom is 0.415 e. The molecule has 2 aliphatic heterocycles. The van der Waals surface area contributed by atoms with Gasteiger partial charge in [-0.05, 0) is 60.0 Å². The molecule has 13 heteroatoms. The number of aromatic nitrogens is 1. The first-order valence-corrected chi connectivity index (χ1v) is 18.4. The summed E-state index contributed by atoms with van der Waals surface area (Å²) >= 11 is 3.68. The first kappa shape index (κ1) is 35.1. The molecule has 3 heterocycles. The van der Waals surface area contributed by atoms with E-state index in [1.807, 2.05) is 93.0 Å². The molecule has 0 spiro atoms. The Balaban J connectivity index is 1.02. The summed E-state index contributed by atoms with van der Waals surface area (Å²) in [5, 5.41) is 9.03. The molecule has 3 N–H and O–H groups in total. The van der Waals surface area contributed by atoms with Crippen LogP contribution in [0, 0.1) is 0 Å². The maximum atomic E-state index is 14.2. The zero-order valence-corrected chi connectivity index (χ0v) is 30.7. The molecule has 1 fully saturated rings. The van der Waals surface area contributed by atoms with Crippen LogP contribution in [-0.2, 0) is 11.3 Å². The number of piperazine rings is 1. The van der Waals surface area contributed by atoms with E-state index < -0.39 is 6.09 Å². The quantitative estimate of drug-likeness (QED) is 0.108. The maximum absolute atomic E-state index is 14.2. The highest BCUT2D eigenvalue weighted by atomic mass is 79.9. The fourth-order valence-corrected chi connectivity index (χ4v) is 7.24. The van der Waals surface area contributed by atoms with E-state index in [-0.39, 0.29) is 37.7 Å². The molecule has 5 aromatic rings. The smallest absolute Gasteiger partial charge is 0.415 e. The van der Waals surface area contributed by atoms with E-state index in [4.69, 9.17) is 14.2 Å². The molecule has 1 atom stereocenters. The van der Waals surface area contributed by atoms with Gasteiger partial charge in [0.15, 0.2) is 0 Å². The third kappa shape index (κ3) is 7.51. The molecule has 52 heavy (non-hydrogen) atoms. The second-order valence-corrected chi connectivity index (χ2v) is 13.7. The van der Waals surface area contributed by atoms with E-state index in [0.717, 1.165) is 57.3 Å². The standard InChI is InChI=1S/C39H41BrN6O6/c1-41-28-9-7-25(8-10-28)24-51-38(48)42-13-18-50-29-11-12-32-26(19-29)20-33(43-32)37(47)46-23-27(22-40)36-31-6-4-3-5-30(31)35(21-34(36)46)52-39(49)45-16-14-44(2)15-17-45/h3-12,19-21,27,41,43H,13-18,22-24H2,1-2H3,(H,42,48)/t27-/m1/s1. The van der Waals surface area contributed by atoms with Gasteiger partial charge in [0.25, 0.3) is 5.91 Å². The molecule has 4 aromatic carbocycles. The Labute approximate surface area is 310 Å². The van der Waals surface area contributed by atoms with Crippen molar-refractivity contribution in [2.45, 2.75) is 12.5 Å². The van der Waals surface area contributed by atoms with Crippen LogP contribution in [0.4, 0.5) is 21.0 Å². The Kier molecular flexibility index (Phi) is 10.5. The Morgan fingerprint density at radius 2 is 1.71 bits per heavy atom. The van der Waals surface area contributed by atoms with Crippen LogP contribution in [0.3, 0.4) is 0 Å². The molecule has 0 aliphatic carbocycles. The molecule has 0 saturated carbocycles. The number of rotatable bonds is 10. The van der Waals surface area contributed by atoms with Crippen molar-refractivity contribution in [3.63, 3.8) is 0 Å². The lowest BCUT2D eigenvalue weighted by Gasteiger charge is -2.31. The number of hydrogen-bond acceptors (Lipinski definition) is 8. The number of benzene rings is 4. The minimum Gasteiger partial charge on any atom is -0.492 e. The van der Waals surface area contributed by atoms with Crippen LogP contribution in [0.25, 0.3) is 21.7 Å². The number of aromatic amines is 1. The Bertz CT molecular complexity index is 2100. The van der Waals surface area contributed by atoms with Gasteiger partial charge < -0.3 is 44.5 Å². The van der Waals surface area contributed by atoms with E-state index >= 15 is 0 Å². The highest BCUT2D eigenvalue weighted by molar-refractivity contribution is 9.09. The summed E-state index contributed by atoms with van der Waals surface area (Å²) in [5.41, 5.74) is 4.87. The zero-order chi connectivity index (χ0) is 36.2. The van der Waals surface area contributed by atoms with Gasteiger partial charge in [-0.3, -0.25) is 4.79 Å². The molecule has 0 bridgehead atoms. The molecule has 1 aromatic heterocycles.